The van der Waals surface area contributed by atoms with E-state index in [9.17, 15) is 4.79 Å². The third kappa shape index (κ3) is 0.974. The Kier molecular flexibility index (Phi) is 1.41. The van der Waals surface area contributed by atoms with Crippen molar-refractivity contribution in [2.24, 2.45) is 0 Å². The number of carbonyl (C=O) groups is 1. The van der Waals surface area contributed by atoms with Crippen LogP contribution in [0.15, 0.2) is 11.6 Å². The molecule has 1 aliphatic rings. The molecule has 6 nitrogen and oxygen atoms in total. The van der Waals surface area contributed by atoms with Crippen LogP contribution in [0.5, 0.6) is 0 Å². The van der Waals surface area contributed by atoms with E-state index in [1.807, 2.05) is 5.32 Å². The van der Waals surface area contributed by atoms with Crippen molar-refractivity contribution in [1.29, 1.82) is 5.39 Å². The first-order valence-corrected chi connectivity index (χ1v) is 2.56. The van der Waals surface area contributed by atoms with Crippen LogP contribution in [0.4, 0.5) is 4.79 Å². The van der Waals surface area contributed by atoms with Gasteiger partial charge in [0.2, 0.25) is 5.39 Å². The number of diazo groups is 1. The Morgan fingerprint density at radius 3 is 2.90 bits per heavy atom. The lowest BCUT2D eigenvalue weighted by molar-refractivity contribution is 0.233. The second-order valence-electron chi connectivity index (χ2n) is 1.70. The summed E-state index contributed by atoms with van der Waals surface area (Å²) < 4.78 is 0. The summed E-state index contributed by atoms with van der Waals surface area (Å²) in [6, 6.07) is -0.509. The Labute approximate surface area is 56.2 Å². The van der Waals surface area contributed by atoms with Crippen LogP contribution in [0, 0.1) is 5.39 Å². The van der Waals surface area contributed by atoms with E-state index >= 15 is 0 Å². The van der Waals surface area contributed by atoms with Crippen LogP contribution in [0.25, 0.3) is 4.98 Å². The number of rotatable bonds is 0. The summed E-state index contributed by atoms with van der Waals surface area (Å²) in [7, 11) is 0. The van der Waals surface area contributed by atoms with E-state index in [2.05, 4.69) is 10.3 Å². The Morgan fingerprint density at radius 1 is 1.70 bits per heavy atom. The average Bonchev–Trinajstić information content (AvgIpc) is 1.88. The van der Waals surface area contributed by atoms with Crippen molar-refractivity contribution in [1.82, 2.24) is 10.6 Å². The van der Waals surface area contributed by atoms with Crippen molar-refractivity contribution in [2.75, 3.05) is 6.54 Å². The molecule has 0 spiro atoms. The predicted molar refractivity (Wildman–Crippen MR) is 31.3 cm³/mol. The summed E-state index contributed by atoms with van der Waals surface area (Å²) in [5.74, 6) is -0.411. The highest BCUT2D eigenvalue weighted by molar-refractivity contribution is 5.77. The first-order chi connectivity index (χ1) is 4.74. The molecule has 6 heteroatoms. The summed E-state index contributed by atoms with van der Waals surface area (Å²) in [4.78, 5) is 13.1. The molecular formula is C4H5N4O2+. The number of aliphatic hydroxyl groups is 1. The van der Waals surface area contributed by atoms with Gasteiger partial charge >= 0.3 is 11.7 Å². The Morgan fingerprint density at radius 2 is 2.40 bits per heavy atom. The minimum atomic E-state index is -0.509. The second-order valence-corrected chi connectivity index (χ2v) is 1.70. The standard InChI is InChI=1S/C4H4N4O2/c5-8-2-1-6-4(10)7-3(2)9/h1H2,(H2-,6,7,9,10)/p+1. The number of hydrogen-bond donors (Lipinski definition) is 3. The van der Waals surface area contributed by atoms with Gasteiger partial charge in [-0.3, -0.25) is 5.32 Å². The fourth-order valence-corrected chi connectivity index (χ4v) is 0.554. The topological polar surface area (TPSA) is 89.5 Å². The van der Waals surface area contributed by atoms with Gasteiger partial charge in [-0.1, -0.05) is 0 Å². The third-order valence-electron chi connectivity index (χ3n) is 1.04. The summed E-state index contributed by atoms with van der Waals surface area (Å²) in [5, 5.41) is 21.3. The monoisotopic (exact) mass is 141 g/mol. The molecule has 10 heavy (non-hydrogen) atoms. The van der Waals surface area contributed by atoms with Gasteiger partial charge in [-0.05, 0) is 0 Å². The Balaban J connectivity index is 2.83. The predicted octanol–water partition coefficient (Wildman–Crippen LogP) is -0.121. The highest BCUT2D eigenvalue weighted by Gasteiger charge is 2.25. The van der Waals surface area contributed by atoms with Gasteiger partial charge in [-0.25, -0.2) is 4.79 Å². The van der Waals surface area contributed by atoms with Crippen molar-refractivity contribution >= 4 is 6.03 Å². The Hall–Kier alpha value is -1.77. The lowest BCUT2D eigenvalue weighted by atomic mass is 10.4. The molecule has 0 saturated heterocycles. The van der Waals surface area contributed by atoms with E-state index < -0.39 is 11.9 Å². The molecule has 1 rings (SSSR count). The van der Waals surface area contributed by atoms with E-state index in [1.54, 1.807) is 0 Å². The lowest BCUT2D eigenvalue weighted by Crippen LogP contribution is -2.41. The average molecular weight is 141 g/mol. The zero-order chi connectivity index (χ0) is 7.56. The molecule has 0 radical (unpaired) electrons. The van der Waals surface area contributed by atoms with Gasteiger partial charge in [0.1, 0.15) is 6.54 Å². The molecule has 0 atom stereocenters. The zero-order valence-electron chi connectivity index (χ0n) is 4.96. The SMILES string of the molecule is N#[N+]C1=C(O)NC(=O)NC1. The van der Waals surface area contributed by atoms with Crippen LogP contribution in [0.2, 0.25) is 0 Å². The van der Waals surface area contributed by atoms with E-state index in [0.717, 1.165) is 0 Å². The van der Waals surface area contributed by atoms with Crippen LogP contribution in [0.1, 0.15) is 0 Å². The summed E-state index contributed by atoms with van der Waals surface area (Å²) >= 11 is 0. The molecule has 0 aromatic rings. The number of nitrogens with one attached hydrogen (secondary N) is 2. The maximum absolute atomic E-state index is 10.4. The van der Waals surface area contributed by atoms with Crippen molar-refractivity contribution < 1.29 is 9.90 Å². The second kappa shape index (κ2) is 2.23. The molecule has 0 unspecified atom stereocenters. The molecule has 0 fully saturated rings. The van der Waals surface area contributed by atoms with E-state index in [-0.39, 0.29) is 12.2 Å². The molecular weight excluding hydrogens is 136 g/mol. The Bertz CT molecular complexity index is 238. The normalized spacial score (nSPS) is 17.3. The van der Waals surface area contributed by atoms with E-state index in [1.165, 1.54) is 0 Å². The van der Waals surface area contributed by atoms with Crippen molar-refractivity contribution in [3.8, 4) is 0 Å². The smallest absolute Gasteiger partial charge is 0.439 e. The largest absolute Gasteiger partial charge is 0.489 e. The minimum absolute atomic E-state index is 0.0135. The maximum atomic E-state index is 10.4. The van der Waals surface area contributed by atoms with Gasteiger partial charge in [0.25, 0.3) is 5.88 Å². The van der Waals surface area contributed by atoms with Crippen molar-refractivity contribution in [3.05, 3.63) is 16.6 Å². The molecule has 1 aliphatic heterocycles. The highest BCUT2D eigenvalue weighted by Crippen LogP contribution is 2.01. The van der Waals surface area contributed by atoms with Gasteiger partial charge in [0.05, 0.1) is 0 Å². The molecule has 52 valence electrons. The summed E-state index contributed by atoms with van der Waals surface area (Å²) in [5.41, 5.74) is 0.0135. The first-order valence-electron chi connectivity index (χ1n) is 2.56. The van der Waals surface area contributed by atoms with Crippen LogP contribution < -0.4 is 10.6 Å². The number of aliphatic hydroxyl groups excluding tert-OH is 1. The number of amides is 2. The number of hydrogen-bond acceptors (Lipinski definition) is 3. The highest BCUT2D eigenvalue weighted by atomic mass is 16.3. The van der Waals surface area contributed by atoms with Gasteiger partial charge in [0.15, 0.2) is 4.98 Å². The molecule has 1 heterocycles. The fourth-order valence-electron chi connectivity index (χ4n) is 0.554. The molecule has 0 aromatic carbocycles. The van der Waals surface area contributed by atoms with Crippen LogP contribution in [-0.4, -0.2) is 17.7 Å². The first kappa shape index (κ1) is 6.35. The molecule has 2 amide bonds. The molecule has 0 saturated carbocycles. The number of carbonyl (C=O) groups excluding carboxylic acids is 1. The van der Waals surface area contributed by atoms with Gasteiger partial charge < -0.3 is 10.4 Å². The zero-order valence-corrected chi connectivity index (χ0v) is 4.96. The number of nitrogens with zero attached hydrogens (tertiary/aromatic N) is 2. The minimum Gasteiger partial charge on any atom is -0.489 e. The van der Waals surface area contributed by atoms with Crippen LogP contribution >= 0.6 is 0 Å². The molecule has 0 aliphatic carbocycles. The van der Waals surface area contributed by atoms with Crippen molar-refractivity contribution in [2.45, 2.75) is 0 Å². The van der Waals surface area contributed by atoms with Gasteiger partial charge in [-0.15, -0.1) is 0 Å². The molecule has 0 aromatic heterocycles. The summed E-state index contributed by atoms with van der Waals surface area (Å²) in [6.07, 6.45) is 0. The summed E-state index contributed by atoms with van der Waals surface area (Å²) in [6.45, 7) is 0.0359. The lowest BCUT2D eigenvalue weighted by Gasteiger charge is -2.06. The van der Waals surface area contributed by atoms with Crippen molar-refractivity contribution in [3.63, 3.8) is 0 Å². The van der Waals surface area contributed by atoms with Crippen LogP contribution in [0.3, 0.4) is 0 Å². The quantitative estimate of drug-likeness (QED) is 0.411. The van der Waals surface area contributed by atoms with E-state index in [4.69, 9.17) is 10.5 Å². The van der Waals surface area contributed by atoms with Gasteiger partial charge in [0, 0.05) is 0 Å². The maximum Gasteiger partial charge on any atom is 0.439 e. The van der Waals surface area contributed by atoms with Crippen LogP contribution in [-0.2, 0) is 0 Å². The van der Waals surface area contributed by atoms with Gasteiger partial charge in [-0.2, -0.15) is 0 Å². The number of urea groups is 1. The molecule has 0 bridgehead atoms. The van der Waals surface area contributed by atoms with E-state index in [0.29, 0.717) is 0 Å². The third-order valence-corrected chi connectivity index (χ3v) is 1.04. The molecule has 3 N–H and O–H groups in total. The fraction of sp³-hybridized carbons (Fsp3) is 0.250.